The van der Waals surface area contributed by atoms with Crippen molar-refractivity contribution < 1.29 is 23.9 Å². The number of ketones is 1. The lowest BCUT2D eigenvalue weighted by molar-refractivity contribution is -0.155. The molecule has 0 aliphatic carbocycles. The molecule has 0 aromatic rings. The predicted octanol–water partition coefficient (Wildman–Crippen LogP) is 0.626. The lowest BCUT2D eigenvalue weighted by Gasteiger charge is -2.09. The van der Waals surface area contributed by atoms with Crippen molar-refractivity contribution in [2.24, 2.45) is 0 Å². The Balaban J connectivity index is 3.71. The molecule has 0 aromatic heterocycles. The van der Waals surface area contributed by atoms with Crippen LogP contribution in [-0.4, -0.2) is 30.4 Å². The maximum atomic E-state index is 11.0. The Kier molecular flexibility index (Phi) is 6.01. The fourth-order valence-electron chi connectivity index (χ4n) is 0.633. The molecular weight excluding hydrogens is 200 g/mol. The number of carbonyl (C=O) groups is 3. The lowest BCUT2D eigenvalue weighted by Crippen LogP contribution is -2.22. The second-order valence-corrected chi connectivity index (χ2v) is 2.86. The molecule has 84 valence electrons. The summed E-state index contributed by atoms with van der Waals surface area (Å²) in [5.74, 6) is -1.40. The standard InChI is InChI=1S/C10H14O5/c1-4-9(12)14-6-5-10(13)15-8(3)7(2)11/h4,8H,1,5-6H2,2-3H3. The number of esters is 2. The van der Waals surface area contributed by atoms with E-state index in [1.807, 2.05) is 0 Å². The number of ether oxygens (including phenoxy) is 2. The molecule has 0 fully saturated rings. The highest BCUT2D eigenvalue weighted by Crippen LogP contribution is 1.96. The molecule has 0 aliphatic rings. The highest BCUT2D eigenvalue weighted by Gasteiger charge is 2.13. The van der Waals surface area contributed by atoms with Gasteiger partial charge in [-0.2, -0.15) is 0 Å². The van der Waals surface area contributed by atoms with Crippen molar-refractivity contribution in [2.75, 3.05) is 6.61 Å². The third-order valence-electron chi connectivity index (χ3n) is 1.60. The van der Waals surface area contributed by atoms with Crippen molar-refractivity contribution in [2.45, 2.75) is 26.4 Å². The summed E-state index contributed by atoms with van der Waals surface area (Å²) < 4.78 is 9.28. The van der Waals surface area contributed by atoms with Crippen LogP contribution in [-0.2, 0) is 23.9 Å². The van der Waals surface area contributed by atoms with E-state index in [2.05, 4.69) is 11.3 Å². The number of carbonyl (C=O) groups excluding carboxylic acids is 3. The third kappa shape index (κ3) is 6.42. The molecule has 5 nitrogen and oxygen atoms in total. The minimum Gasteiger partial charge on any atom is -0.462 e. The van der Waals surface area contributed by atoms with E-state index in [-0.39, 0.29) is 18.8 Å². The summed E-state index contributed by atoms with van der Waals surface area (Å²) in [6.45, 7) is 5.93. The zero-order valence-corrected chi connectivity index (χ0v) is 8.82. The lowest BCUT2D eigenvalue weighted by atomic mass is 10.3. The summed E-state index contributed by atoms with van der Waals surface area (Å²) in [4.78, 5) is 32.3. The maximum absolute atomic E-state index is 11.0. The Labute approximate surface area is 88.0 Å². The first-order chi connectivity index (χ1) is 6.97. The Morgan fingerprint density at radius 2 is 2.00 bits per heavy atom. The molecule has 0 amide bonds. The first kappa shape index (κ1) is 13.4. The van der Waals surface area contributed by atoms with Crippen LogP contribution in [0.2, 0.25) is 0 Å². The van der Waals surface area contributed by atoms with E-state index in [1.165, 1.54) is 13.8 Å². The van der Waals surface area contributed by atoms with Gasteiger partial charge >= 0.3 is 11.9 Å². The van der Waals surface area contributed by atoms with Gasteiger partial charge in [0.05, 0.1) is 6.42 Å². The van der Waals surface area contributed by atoms with Crippen molar-refractivity contribution in [3.63, 3.8) is 0 Å². The van der Waals surface area contributed by atoms with E-state index in [0.29, 0.717) is 0 Å². The van der Waals surface area contributed by atoms with Crippen molar-refractivity contribution in [3.8, 4) is 0 Å². The van der Waals surface area contributed by atoms with Crippen molar-refractivity contribution in [1.29, 1.82) is 0 Å². The molecule has 0 bridgehead atoms. The van der Waals surface area contributed by atoms with Gasteiger partial charge in [0.1, 0.15) is 6.61 Å². The fourth-order valence-corrected chi connectivity index (χ4v) is 0.633. The molecular formula is C10H14O5. The molecule has 0 saturated heterocycles. The molecule has 0 aromatic carbocycles. The molecule has 0 rings (SSSR count). The third-order valence-corrected chi connectivity index (χ3v) is 1.60. The molecule has 15 heavy (non-hydrogen) atoms. The van der Waals surface area contributed by atoms with Gasteiger partial charge in [0, 0.05) is 6.08 Å². The molecule has 0 N–H and O–H groups in total. The van der Waals surface area contributed by atoms with E-state index in [0.717, 1.165) is 6.08 Å². The zero-order chi connectivity index (χ0) is 11.8. The monoisotopic (exact) mass is 214 g/mol. The first-order valence-electron chi connectivity index (χ1n) is 4.46. The topological polar surface area (TPSA) is 69.7 Å². The average Bonchev–Trinajstić information content (AvgIpc) is 2.17. The van der Waals surface area contributed by atoms with Crippen molar-refractivity contribution in [1.82, 2.24) is 0 Å². The van der Waals surface area contributed by atoms with E-state index >= 15 is 0 Å². The van der Waals surface area contributed by atoms with Gasteiger partial charge in [-0.15, -0.1) is 0 Å². The molecule has 0 saturated carbocycles. The summed E-state index contributed by atoms with van der Waals surface area (Å²) in [5.41, 5.74) is 0. The fraction of sp³-hybridized carbons (Fsp3) is 0.500. The normalized spacial score (nSPS) is 11.3. The van der Waals surface area contributed by atoms with Gasteiger partial charge in [0.15, 0.2) is 11.9 Å². The summed E-state index contributed by atoms with van der Waals surface area (Å²) in [5, 5.41) is 0. The summed E-state index contributed by atoms with van der Waals surface area (Å²) in [6, 6.07) is 0. The molecule has 5 heteroatoms. The average molecular weight is 214 g/mol. The summed E-state index contributed by atoms with van der Waals surface area (Å²) in [6.07, 6.45) is 0.174. The van der Waals surface area contributed by atoms with E-state index < -0.39 is 18.0 Å². The van der Waals surface area contributed by atoms with E-state index in [1.54, 1.807) is 0 Å². The largest absolute Gasteiger partial charge is 0.462 e. The van der Waals surface area contributed by atoms with Gasteiger partial charge in [-0.1, -0.05) is 6.58 Å². The predicted molar refractivity (Wildman–Crippen MR) is 52.0 cm³/mol. The van der Waals surface area contributed by atoms with Crippen LogP contribution in [0.25, 0.3) is 0 Å². The Morgan fingerprint density at radius 3 is 2.47 bits per heavy atom. The van der Waals surface area contributed by atoms with Gasteiger partial charge in [0.25, 0.3) is 0 Å². The minimum absolute atomic E-state index is 0.0722. The zero-order valence-electron chi connectivity index (χ0n) is 8.82. The van der Waals surface area contributed by atoms with Gasteiger partial charge in [-0.05, 0) is 13.8 Å². The molecule has 1 atom stereocenters. The summed E-state index contributed by atoms with van der Waals surface area (Å²) in [7, 11) is 0. The number of hydrogen-bond donors (Lipinski definition) is 0. The van der Waals surface area contributed by atoms with Gasteiger partial charge in [0.2, 0.25) is 0 Å². The van der Waals surface area contributed by atoms with Crippen LogP contribution in [0.4, 0.5) is 0 Å². The first-order valence-corrected chi connectivity index (χ1v) is 4.46. The smallest absolute Gasteiger partial charge is 0.330 e. The molecule has 1 unspecified atom stereocenters. The van der Waals surface area contributed by atoms with Crippen LogP contribution in [0, 0.1) is 0 Å². The van der Waals surface area contributed by atoms with Crippen LogP contribution in [0.5, 0.6) is 0 Å². The van der Waals surface area contributed by atoms with Crippen LogP contribution >= 0.6 is 0 Å². The second-order valence-electron chi connectivity index (χ2n) is 2.86. The van der Waals surface area contributed by atoms with Gasteiger partial charge in [-0.3, -0.25) is 9.59 Å². The Hall–Kier alpha value is -1.65. The minimum atomic E-state index is -0.757. The molecule has 0 spiro atoms. The number of rotatable bonds is 6. The number of hydrogen-bond acceptors (Lipinski definition) is 5. The van der Waals surface area contributed by atoms with Crippen LogP contribution in [0.3, 0.4) is 0 Å². The highest BCUT2D eigenvalue weighted by molar-refractivity contribution is 5.83. The van der Waals surface area contributed by atoms with Crippen molar-refractivity contribution in [3.05, 3.63) is 12.7 Å². The molecule has 0 aliphatic heterocycles. The van der Waals surface area contributed by atoms with Gasteiger partial charge in [-0.25, -0.2) is 4.79 Å². The SMILES string of the molecule is C=CC(=O)OCCC(=O)OC(C)C(C)=O. The maximum Gasteiger partial charge on any atom is 0.330 e. The number of Topliss-reactive ketones (excluding diaryl/α,β-unsaturated/α-hetero) is 1. The van der Waals surface area contributed by atoms with Crippen LogP contribution in [0.15, 0.2) is 12.7 Å². The van der Waals surface area contributed by atoms with Gasteiger partial charge < -0.3 is 9.47 Å². The highest BCUT2D eigenvalue weighted by atomic mass is 16.6. The van der Waals surface area contributed by atoms with Crippen molar-refractivity contribution >= 4 is 17.7 Å². The Morgan fingerprint density at radius 1 is 1.40 bits per heavy atom. The second kappa shape index (κ2) is 6.75. The van der Waals surface area contributed by atoms with E-state index in [9.17, 15) is 14.4 Å². The Bertz CT molecular complexity index is 269. The van der Waals surface area contributed by atoms with E-state index in [4.69, 9.17) is 4.74 Å². The summed E-state index contributed by atoms with van der Waals surface area (Å²) >= 11 is 0. The molecule has 0 heterocycles. The quantitative estimate of drug-likeness (QED) is 0.479. The van der Waals surface area contributed by atoms with Crippen LogP contribution < -0.4 is 0 Å². The molecule has 0 radical (unpaired) electrons. The van der Waals surface area contributed by atoms with Crippen LogP contribution in [0.1, 0.15) is 20.3 Å².